The van der Waals surface area contributed by atoms with Crippen molar-refractivity contribution in [2.24, 2.45) is 16.5 Å². The Morgan fingerprint density at radius 1 is 1.20 bits per heavy atom. The third-order valence-corrected chi connectivity index (χ3v) is 4.54. The number of hydrogen-bond donors (Lipinski definition) is 3. The molecular formula is C15H35N4P. The summed E-state index contributed by atoms with van der Waals surface area (Å²) in [6, 6.07) is 0.475. The molecule has 0 spiro atoms. The van der Waals surface area contributed by atoms with Gasteiger partial charge in [0.05, 0.1) is 5.54 Å². The predicted molar refractivity (Wildman–Crippen MR) is 94.1 cm³/mol. The highest BCUT2D eigenvalue weighted by atomic mass is 31.1. The zero-order chi connectivity index (χ0) is 15.8. The van der Waals surface area contributed by atoms with Gasteiger partial charge >= 0.3 is 0 Å². The maximum absolute atomic E-state index is 5.47. The molecule has 0 aromatic carbocycles. The summed E-state index contributed by atoms with van der Waals surface area (Å²) in [5.41, 5.74) is 11.0. The maximum Gasteiger partial charge on any atom is 0.186 e. The zero-order valence-electron chi connectivity index (χ0n) is 14.2. The maximum atomic E-state index is 5.47. The summed E-state index contributed by atoms with van der Waals surface area (Å²) in [7, 11) is 1.09. The molecule has 0 radical (unpaired) electrons. The molecule has 5 heteroatoms. The summed E-state index contributed by atoms with van der Waals surface area (Å²) in [6.45, 7) is 13.2. The Bertz CT molecular complexity index is 296. The summed E-state index contributed by atoms with van der Waals surface area (Å²) < 4.78 is 0. The minimum Gasteiger partial charge on any atom is -0.370 e. The van der Waals surface area contributed by atoms with Crippen LogP contribution in [0.15, 0.2) is 4.99 Å². The second-order valence-corrected chi connectivity index (χ2v) is 8.63. The molecule has 0 aliphatic heterocycles. The topological polar surface area (TPSA) is 76.4 Å². The van der Waals surface area contributed by atoms with Crippen LogP contribution in [0.1, 0.15) is 60.8 Å². The summed E-state index contributed by atoms with van der Waals surface area (Å²) in [6.07, 6.45) is 5.91. The van der Waals surface area contributed by atoms with Crippen molar-refractivity contribution in [1.29, 1.82) is 0 Å². The van der Waals surface area contributed by atoms with Gasteiger partial charge in [-0.15, -0.1) is 8.58 Å². The molecule has 2 atom stereocenters. The van der Waals surface area contributed by atoms with E-state index < -0.39 is 0 Å². The number of nitrogens with one attached hydrogen (secondary N) is 1. The van der Waals surface area contributed by atoms with Crippen LogP contribution in [0.25, 0.3) is 0 Å². The molecule has 2 unspecified atom stereocenters. The van der Waals surface area contributed by atoms with Gasteiger partial charge in [-0.05, 0) is 66.2 Å². The molecule has 0 saturated carbocycles. The molecule has 0 fully saturated rings. The Labute approximate surface area is 127 Å². The van der Waals surface area contributed by atoms with Crippen molar-refractivity contribution in [1.82, 2.24) is 5.32 Å². The number of aliphatic imine (C=N–C) groups is 1. The van der Waals surface area contributed by atoms with E-state index in [-0.39, 0.29) is 17.0 Å². The Morgan fingerprint density at radius 3 is 2.30 bits per heavy atom. The van der Waals surface area contributed by atoms with E-state index in [4.69, 9.17) is 11.5 Å². The highest BCUT2D eigenvalue weighted by Crippen LogP contribution is 2.21. The first-order chi connectivity index (χ1) is 9.08. The SMILES string of the molecule is CCPCCC(C)(C)NC(C)CCC(C)(C)N=C(N)N. The molecule has 0 rings (SSSR count). The summed E-state index contributed by atoms with van der Waals surface area (Å²) >= 11 is 0. The highest BCUT2D eigenvalue weighted by Gasteiger charge is 2.22. The van der Waals surface area contributed by atoms with Gasteiger partial charge in [-0.1, -0.05) is 6.92 Å². The largest absolute Gasteiger partial charge is 0.370 e. The van der Waals surface area contributed by atoms with Crippen LogP contribution >= 0.6 is 8.58 Å². The first kappa shape index (κ1) is 19.7. The number of hydrogen-bond acceptors (Lipinski definition) is 2. The lowest BCUT2D eigenvalue weighted by Crippen LogP contribution is -2.45. The van der Waals surface area contributed by atoms with Gasteiger partial charge in [0.1, 0.15) is 0 Å². The quantitative estimate of drug-likeness (QED) is 0.251. The van der Waals surface area contributed by atoms with Crippen molar-refractivity contribution < 1.29 is 0 Å². The molecule has 0 aliphatic carbocycles. The van der Waals surface area contributed by atoms with Gasteiger partial charge in [-0.25, -0.2) is 4.99 Å². The minimum absolute atomic E-state index is 0.177. The van der Waals surface area contributed by atoms with Gasteiger partial charge in [0, 0.05) is 11.6 Å². The Balaban J connectivity index is 4.15. The van der Waals surface area contributed by atoms with Crippen LogP contribution in [0.4, 0.5) is 0 Å². The van der Waals surface area contributed by atoms with Crippen LogP contribution in [-0.2, 0) is 0 Å². The monoisotopic (exact) mass is 302 g/mol. The Hall–Kier alpha value is -0.340. The van der Waals surface area contributed by atoms with Crippen LogP contribution < -0.4 is 16.8 Å². The van der Waals surface area contributed by atoms with Crippen molar-refractivity contribution in [2.45, 2.75) is 77.9 Å². The van der Waals surface area contributed by atoms with E-state index in [9.17, 15) is 0 Å². The molecule has 0 aliphatic rings. The molecule has 5 N–H and O–H groups in total. The van der Waals surface area contributed by atoms with Crippen molar-refractivity contribution in [2.75, 3.05) is 12.3 Å². The van der Waals surface area contributed by atoms with Crippen LogP contribution in [-0.4, -0.2) is 35.4 Å². The average Bonchev–Trinajstić information content (AvgIpc) is 2.24. The first-order valence-corrected chi connectivity index (χ1v) is 9.08. The van der Waals surface area contributed by atoms with Crippen LogP contribution in [0.5, 0.6) is 0 Å². The molecule has 20 heavy (non-hydrogen) atoms. The van der Waals surface area contributed by atoms with Crippen molar-refractivity contribution in [3.63, 3.8) is 0 Å². The van der Waals surface area contributed by atoms with Gasteiger partial charge in [0.25, 0.3) is 0 Å². The number of nitrogens with two attached hydrogens (primary N) is 2. The normalized spacial score (nSPS) is 14.7. The highest BCUT2D eigenvalue weighted by molar-refractivity contribution is 7.37. The van der Waals surface area contributed by atoms with E-state index in [0.29, 0.717) is 6.04 Å². The molecular weight excluding hydrogens is 267 g/mol. The molecule has 0 amide bonds. The van der Waals surface area contributed by atoms with E-state index in [2.05, 4.69) is 51.9 Å². The first-order valence-electron chi connectivity index (χ1n) is 7.67. The molecule has 0 saturated heterocycles. The summed E-state index contributed by atoms with van der Waals surface area (Å²) in [4.78, 5) is 4.28. The van der Waals surface area contributed by atoms with Crippen LogP contribution in [0.3, 0.4) is 0 Å². The zero-order valence-corrected chi connectivity index (χ0v) is 15.2. The van der Waals surface area contributed by atoms with E-state index in [0.717, 1.165) is 21.4 Å². The van der Waals surface area contributed by atoms with Crippen molar-refractivity contribution in [3.05, 3.63) is 0 Å². The number of rotatable bonds is 10. The number of guanidine groups is 1. The fourth-order valence-electron chi connectivity index (χ4n) is 2.36. The molecule has 0 aromatic rings. The molecule has 120 valence electrons. The second kappa shape index (κ2) is 8.84. The third-order valence-electron chi connectivity index (χ3n) is 3.43. The van der Waals surface area contributed by atoms with Crippen LogP contribution in [0, 0.1) is 0 Å². The van der Waals surface area contributed by atoms with Gasteiger partial charge in [-0.2, -0.15) is 0 Å². The van der Waals surface area contributed by atoms with E-state index in [1.165, 1.54) is 18.7 Å². The fourth-order valence-corrected chi connectivity index (χ4v) is 3.52. The van der Waals surface area contributed by atoms with Gasteiger partial charge in [0.2, 0.25) is 0 Å². The average molecular weight is 302 g/mol. The van der Waals surface area contributed by atoms with Gasteiger partial charge < -0.3 is 16.8 Å². The Morgan fingerprint density at radius 2 is 1.80 bits per heavy atom. The molecule has 0 heterocycles. The van der Waals surface area contributed by atoms with E-state index in [1.54, 1.807) is 0 Å². The van der Waals surface area contributed by atoms with E-state index in [1.807, 2.05) is 0 Å². The summed E-state index contributed by atoms with van der Waals surface area (Å²) in [5.74, 6) is 0.177. The van der Waals surface area contributed by atoms with Crippen LogP contribution in [0.2, 0.25) is 0 Å². The minimum atomic E-state index is -0.178. The second-order valence-electron chi connectivity index (χ2n) is 6.92. The molecule has 0 aromatic heterocycles. The standard InChI is InChI=1S/C15H35N4P/c1-7-20-11-10-15(5,6)18-12(2)8-9-14(3,4)19-13(16)17/h12,18,20H,7-11H2,1-6H3,(H4,16,17,19). The van der Waals surface area contributed by atoms with Crippen molar-refractivity contribution in [3.8, 4) is 0 Å². The molecule has 0 bridgehead atoms. The Kier molecular flexibility index (Phi) is 8.69. The van der Waals surface area contributed by atoms with Crippen molar-refractivity contribution >= 4 is 14.5 Å². The smallest absolute Gasteiger partial charge is 0.186 e. The third kappa shape index (κ3) is 10.4. The number of nitrogens with zero attached hydrogens (tertiary/aromatic N) is 1. The van der Waals surface area contributed by atoms with Gasteiger partial charge in [-0.3, -0.25) is 0 Å². The lowest BCUT2D eigenvalue weighted by molar-refractivity contribution is 0.308. The lowest BCUT2D eigenvalue weighted by Gasteiger charge is -2.32. The lowest BCUT2D eigenvalue weighted by atomic mass is 9.94. The van der Waals surface area contributed by atoms with E-state index >= 15 is 0 Å². The fraction of sp³-hybridized carbons (Fsp3) is 0.933. The van der Waals surface area contributed by atoms with Gasteiger partial charge in [0.15, 0.2) is 5.96 Å². The predicted octanol–water partition coefficient (Wildman–Crippen LogP) is 2.66. The molecule has 4 nitrogen and oxygen atoms in total. The summed E-state index contributed by atoms with van der Waals surface area (Å²) in [5, 5.41) is 3.73.